The van der Waals surface area contributed by atoms with Crippen LogP contribution in [-0.2, 0) is 19.1 Å². The summed E-state index contributed by atoms with van der Waals surface area (Å²) in [5, 5.41) is 0. The Balaban J connectivity index is 2.46. The van der Waals surface area contributed by atoms with Crippen LogP contribution >= 0.6 is 15.9 Å². The minimum Gasteiger partial charge on any atom is -0.419 e. The number of cyclic esters (lactones) is 2. The van der Waals surface area contributed by atoms with Crippen molar-refractivity contribution < 1.29 is 23.5 Å². The second-order valence-electron chi connectivity index (χ2n) is 4.89. The minimum absolute atomic E-state index is 0.112. The summed E-state index contributed by atoms with van der Waals surface area (Å²) >= 11 is 3.07. The predicted molar refractivity (Wildman–Crippen MR) is 73.1 cm³/mol. The highest BCUT2D eigenvalue weighted by molar-refractivity contribution is 9.10. The number of hydrogen-bond acceptors (Lipinski definition) is 4. The summed E-state index contributed by atoms with van der Waals surface area (Å²) in [6.07, 6.45) is 1.13. The van der Waals surface area contributed by atoms with Gasteiger partial charge in [0.05, 0.1) is 4.47 Å². The lowest BCUT2D eigenvalue weighted by atomic mass is 10.1. The zero-order valence-electron chi connectivity index (χ0n) is 11.1. The standard InChI is InChI=1S/C14H12BrFO4/c1-7-4-8(11(16)10(15)5-7)6-9-12(17)19-14(2,3)20-13(9)18/h4-6H,1-3H3. The summed E-state index contributed by atoms with van der Waals surface area (Å²) in [6, 6.07) is 3.12. The third kappa shape index (κ3) is 2.90. The molecule has 20 heavy (non-hydrogen) atoms. The van der Waals surface area contributed by atoms with Gasteiger partial charge in [-0.05, 0) is 46.6 Å². The highest BCUT2D eigenvalue weighted by Gasteiger charge is 2.39. The van der Waals surface area contributed by atoms with Gasteiger partial charge < -0.3 is 9.47 Å². The molecule has 1 aromatic carbocycles. The zero-order valence-corrected chi connectivity index (χ0v) is 12.7. The van der Waals surface area contributed by atoms with Gasteiger partial charge in [-0.15, -0.1) is 0 Å². The molecule has 0 unspecified atom stereocenters. The molecular weight excluding hydrogens is 331 g/mol. The van der Waals surface area contributed by atoms with Gasteiger partial charge >= 0.3 is 11.9 Å². The molecule has 0 amide bonds. The fourth-order valence-corrected chi connectivity index (χ4v) is 2.38. The Morgan fingerprint density at radius 1 is 1.20 bits per heavy atom. The summed E-state index contributed by atoms with van der Waals surface area (Å²) < 4.78 is 24.1. The van der Waals surface area contributed by atoms with E-state index in [2.05, 4.69) is 15.9 Å². The molecule has 106 valence electrons. The van der Waals surface area contributed by atoms with Crippen molar-refractivity contribution in [2.75, 3.05) is 0 Å². The number of aryl methyl sites for hydroxylation is 1. The molecule has 1 saturated heterocycles. The van der Waals surface area contributed by atoms with Crippen LogP contribution in [0.2, 0.25) is 0 Å². The summed E-state index contributed by atoms with van der Waals surface area (Å²) in [5.74, 6) is -3.53. The Morgan fingerprint density at radius 3 is 2.30 bits per heavy atom. The van der Waals surface area contributed by atoms with Crippen molar-refractivity contribution in [3.63, 3.8) is 0 Å². The van der Waals surface area contributed by atoms with Gasteiger partial charge in [-0.25, -0.2) is 14.0 Å². The van der Waals surface area contributed by atoms with E-state index in [1.807, 2.05) is 0 Å². The lowest BCUT2D eigenvalue weighted by molar-refractivity contribution is -0.222. The highest BCUT2D eigenvalue weighted by Crippen LogP contribution is 2.27. The van der Waals surface area contributed by atoms with Crippen LogP contribution in [0.15, 0.2) is 22.2 Å². The second kappa shape index (κ2) is 5.01. The van der Waals surface area contributed by atoms with Gasteiger partial charge in [0.2, 0.25) is 0 Å². The van der Waals surface area contributed by atoms with Crippen LogP contribution < -0.4 is 0 Å². The average molecular weight is 343 g/mol. The van der Waals surface area contributed by atoms with Crippen molar-refractivity contribution in [2.45, 2.75) is 26.6 Å². The van der Waals surface area contributed by atoms with Crippen LogP contribution in [0.1, 0.15) is 25.0 Å². The monoisotopic (exact) mass is 342 g/mol. The molecule has 0 radical (unpaired) electrons. The molecule has 0 bridgehead atoms. The normalized spacial score (nSPS) is 17.6. The first-order chi connectivity index (χ1) is 9.19. The number of ether oxygens (including phenoxy) is 2. The summed E-state index contributed by atoms with van der Waals surface area (Å²) in [4.78, 5) is 23.6. The van der Waals surface area contributed by atoms with Gasteiger partial charge in [0.25, 0.3) is 5.79 Å². The molecule has 6 heteroatoms. The van der Waals surface area contributed by atoms with E-state index in [1.165, 1.54) is 19.9 Å². The van der Waals surface area contributed by atoms with Crippen LogP contribution in [0.4, 0.5) is 4.39 Å². The number of halogens is 2. The average Bonchev–Trinajstić information content (AvgIpc) is 2.28. The molecule has 1 aliphatic heterocycles. The lowest BCUT2D eigenvalue weighted by Gasteiger charge is -2.29. The topological polar surface area (TPSA) is 52.6 Å². The van der Waals surface area contributed by atoms with E-state index in [1.54, 1.807) is 13.0 Å². The van der Waals surface area contributed by atoms with Gasteiger partial charge in [0.1, 0.15) is 11.4 Å². The van der Waals surface area contributed by atoms with E-state index < -0.39 is 23.5 Å². The zero-order chi connectivity index (χ0) is 15.1. The van der Waals surface area contributed by atoms with E-state index in [0.717, 1.165) is 11.6 Å². The van der Waals surface area contributed by atoms with E-state index in [-0.39, 0.29) is 15.6 Å². The van der Waals surface area contributed by atoms with Crippen molar-refractivity contribution in [1.82, 2.24) is 0 Å². The maximum atomic E-state index is 13.9. The van der Waals surface area contributed by atoms with E-state index >= 15 is 0 Å². The fourth-order valence-electron chi connectivity index (χ4n) is 1.79. The summed E-state index contributed by atoms with van der Waals surface area (Å²) in [7, 11) is 0. The molecule has 2 rings (SSSR count). The Labute approximate surface area is 123 Å². The van der Waals surface area contributed by atoms with E-state index in [4.69, 9.17) is 9.47 Å². The van der Waals surface area contributed by atoms with E-state index in [0.29, 0.717) is 0 Å². The van der Waals surface area contributed by atoms with Crippen molar-refractivity contribution in [2.24, 2.45) is 0 Å². The number of carbonyl (C=O) groups excluding carboxylic acids is 2. The molecule has 4 nitrogen and oxygen atoms in total. The Morgan fingerprint density at radius 2 is 1.75 bits per heavy atom. The molecule has 0 spiro atoms. The van der Waals surface area contributed by atoms with Crippen molar-refractivity contribution in [3.8, 4) is 0 Å². The molecular formula is C14H12BrFO4. The lowest BCUT2D eigenvalue weighted by Crippen LogP contribution is -2.41. The SMILES string of the molecule is Cc1cc(Br)c(F)c(C=C2C(=O)OC(C)(C)OC2=O)c1. The molecule has 0 saturated carbocycles. The van der Waals surface area contributed by atoms with Crippen molar-refractivity contribution in [1.29, 1.82) is 0 Å². The fraction of sp³-hybridized carbons (Fsp3) is 0.286. The first kappa shape index (κ1) is 14.7. The number of hydrogen-bond donors (Lipinski definition) is 0. The molecule has 1 aromatic rings. The molecule has 0 aromatic heterocycles. The molecule has 0 atom stereocenters. The summed E-state index contributed by atoms with van der Waals surface area (Å²) in [5.41, 5.74) is 0.559. The van der Waals surface area contributed by atoms with Crippen LogP contribution in [0.25, 0.3) is 6.08 Å². The van der Waals surface area contributed by atoms with Crippen LogP contribution in [-0.4, -0.2) is 17.7 Å². The van der Waals surface area contributed by atoms with Gasteiger partial charge in [0, 0.05) is 19.4 Å². The Kier molecular flexibility index (Phi) is 3.69. The first-order valence-corrected chi connectivity index (χ1v) is 6.63. The van der Waals surface area contributed by atoms with Crippen LogP contribution in [0.3, 0.4) is 0 Å². The second-order valence-corrected chi connectivity index (χ2v) is 5.74. The number of carbonyl (C=O) groups is 2. The first-order valence-electron chi connectivity index (χ1n) is 5.83. The molecule has 1 heterocycles. The molecule has 0 N–H and O–H groups in total. The summed E-state index contributed by atoms with van der Waals surface area (Å²) in [6.45, 7) is 4.67. The van der Waals surface area contributed by atoms with Crippen molar-refractivity contribution >= 4 is 33.9 Å². The van der Waals surface area contributed by atoms with Gasteiger partial charge in [-0.1, -0.05) is 0 Å². The van der Waals surface area contributed by atoms with Gasteiger partial charge in [0.15, 0.2) is 0 Å². The highest BCUT2D eigenvalue weighted by atomic mass is 79.9. The van der Waals surface area contributed by atoms with Crippen LogP contribution in [0, 0.1) is 12.7 Å². The van der Waals surface area contributed by atoms with E-state index in [9.17, 15) is 14.0 Å². The third-order valence-electron chi connectivity index (χ3n) is 2.62. The largest absolute Gasteiger partial charge is 0.419 e. The number of rotatable bonds is 1. The van der Waals surface area contributed by atoms with Gasteiger partial charge in [-0.2, -0.15) is 0 Å². The Bertz CT molecular complexity index is 612. The molecule has 1 fully saturated rings. The number of benzene rings is 1. The quantitative estimate of drug-likeness (QED) is 0.447. The predicted octanol–water partition coefficient (Wildman–Crippen LogP) is 3.12. The smallest absolute Gasteiger partial charge is 0.348 e. The molecule has 0 aliphatic carbocycles. The Hall–Kier alpha value is -1.69. The minimum atomic E-state index is -1.31. The number of esters is 2. The maximum Gasteiger partial charge on any atom is 0.348 e. The maximum absolute atomic E-state index is 13.9. The van der Waals surface area contributed by atoms with Crippen molar-refractivity contribution in [3.05, 3.63) is 39.1 Å². The molecule has 1 aliphatic rings. The van der Waals surface area contributed by atoms with Crippen LogP contribution in [0.5, 0.6) is 0 Å². The van der Waals surface area contributed by atoms with Gasteiger partial charge in [-0.3, -0.25) is 0 Å². The third-order valence-corrected chi connectivity index (χ3v) is 3.19.